The van der Waals surface area contributed by atoms with Gasteiger partial charge in [0.2, 0.25) is 5.91 Å². The van der Waals surface area contributed by atoms with Crippen molar-refractivity contribution in [3.63, 3.8) is 0 Å². The van der Waals surface area contributed by atoms with Crippen LogP contribution in [0.4, 0.5) is 5.69 Å². The van der Waals surface area contributed by atoms with Crippen molar-refractivity contribution in [2.45, 2.75) is 38.2 Å². The van der Waals surface area contributed by atoms with Crippen LogP contribution >= 0.6 is 12.4 Å². The summed E-state index contributed by atoms with van der Waals surface area (Å²) in [7, 11) is -3.25. The number of carbonyl (C=O) groups excluding carboxylic acids is 1. The fourth-order valence-electron chi connectivity index (χ4n) is 1.55. The fraction of sp³-hybridized carbons (Fsp3) is 0.533. The second kappa shape index (κ2) is 7.94. The Bertz CT molecular complexity index is 609. The molecule has 1 aromatic carbocycles. The molecule has 0 saturated heterocycles. The highest BCUT2D eigenvalue weighted by molar-refractivity contribution is 7.91. The Hall–Kier alpha value is -1.11. The lowest BCUT2D eigenvalue weighted by Gasteiger charge is -2.19. The molecule has 1 atom stereocenters. The van der Waals surface area contributed by atoms with E-state index in [0.29, 0.717) is 11.3 Å². The van der Waals surface area contributed by atoms with E-state index in [1.54, 1.807) is 52.0 Å². The van der Waals surface area contributed by atoms with E-state index in [1.807, 2.05) is 0 Å². The number of nitrogens with two attached hydrogens (primary N) is 1. The average Bonchev–Trinajstić information content (AvgIpc) is 2.36. The van der Waals surface area contributed by atoms with Gasteiger partial charge in [-0.15, -0.1) is 12.4 Å². The first-order valence-electron chi connectivity index (χ1n) is 6.89. The number of nitrogens with one attached hydrogen (secondary N) is 1. The van der Waals surface area contributed by atoms with Gasteiger partial charge in [-0.2, -0.15) is 0 Å². The molecule has 0 radical (unpaired) electrons. The first-order valence-corrected chi connectivity index (χ1v) is 8.54. The molecule has 0 aliphatic carbocycles. The molecule has 0 spiro atoms. The molecule has 1 amide bonds. The molecule has 0 aromatic heterocycles. The zero-order valence-electron chi connectivity index (χ0n) is 13.4. The van der Waals surface area contributed by atoms with Gasteiger partial charge in [0, 0.05) is 18.2 Å². The van der Waals surface area contributed by atoms with Gasteiger partial charge >= 0.3 is 0 Å². The topological polar surface area (TPSA) is 89.3 Å². The lowest BCUT2D eigenvalue weighted by molar-refractivity contribution is -0.119. The Kier molecular flexibility index (Phi) is 7.54. The molecule has 0 heterocycles. The molecule has 1 aromatic rings. The quantitative estimate of drug-likeness (QED) is 0.854. The summed E-state index contributed by atoms with van der Waals surface area (Å²) in [6.07, 6.45) is 0. The van der Waals surface area contributed by atoms with E-state index >= 15 is 0 Å². The molecule has 126 valence electrons. The molecule has 7 heteroatoms. The summed E-state index contributed by atoms with van der Waals surface area (Å²) in [6, 6.07) is 6.89. The van der Waals surface area contributed by atoms with Crippen LogP contribution in [0.3, 0.4) is 0 Å². The standard InChI is InChI=1S/C15H24N2O3S.ClH/c1-11(9-16)14(18)17-13-7-5-6-12(8-13)10-21(19,20)15(2,3)4;/h5-8,11H,9-10,16H2,1-4H3,(H,17,18);1H. The lowest BCUT2D eigenvalue weighted by atomic mass is 10.1. The molecule has 3 N–H and O–H groups in total. The predicted molar refractivity (Wildman–Crippen MR) is 92.9 cm³/mol. The van der Waals surface area contributed by atoms with Gasteiger partial charge in [0.1, 0.15) is 0 Å². The normalized spacial score (nSPS) is 13.1. The van der Waals surface area contributed by atoms with Crippen molar-refractivity contribution < 1.29 is 13.2 Å². The minimum atomic E-state index is -3.25. The smallest absolute Gasteiger partial charge is 0.228 e. The zero-order valence-corrected chi connectivity index (χ0v) is 15.1. The SMILES string of the molecule is CC(CN)C(=O)Nc1cccc(CS(=O)(=O)C(C)(C)C)c1.Cl. The molecule has 1 unspecified atom stereocenters. The molecule has 5 nitrogen and oxygen atoms in total. The number of benzene rings is 1. The predicted octanol–water partition coefficient (Wildman–Crippen LogP) is 2.36. The first kappa shape index (κ1) is 20.9. The summed E-state index contributed by atoms with van der Waals surface area (Å²) in [5, 5.41) is 2.74. The highest BCUT2D eigenvalue weighted by Gasteiger charge is 2.29. The van der Waals surface area contributed by atoms with Crippen LogP contribution in [0.2, 0.25) is 0 Å². The van der Waals surface area contributed by atoms with Crippen molar-refractivity contribution in [1.29, 1.82) is 0 Å². The molecule has 0 aliphatic rings. The third-order valence-electron chi connectivity index (χ3n) is 3.29. The lowest BCUT2D eigenvalue weighted by Crippen LogP contribution is -2.29. The second-order valence-corrected chi connectivity index (χ2v) is 8.94. The minimum absolute atomic E-state index is 0. The van der Waals surface area contributed by atoms with E-state index < -0.39 is 14.6 Å². The summed E-state index contributed by atoms with van der Waals surface area (Å²) in [4.78, 5) is 11.8. The molecular weight excluding hydrogens is 324 g/mol. The van der Waals surface area contributed by atoms with Crippen molar-refractivity contribution in [3.05, 3.63) is 29.8 Å². The van der Waals surface area contributed by atoms with Crippen molar-refractivity contribution in [3.8, 4) is 0 Å². The number of halogens is 1. The van der Waals surface area contributed by atoms with E-state index in [9.17, 15) is 13.2 Å². The van der Waals surface area contributed by atoms with E-state index in [-0.39, 0.29) is 36.5 Å². The van der Waals surface area contributed by atoms with Crippen LogP contribution in [0.5, 0.6) is 0 Å². The molecule has 0 fully saturated rings. The first-order chi connectivity index (χ1) is 9.56. The van der Waals surface area contributed by atoms with E-state index in [1.165, 1.54) is 0 Å². The van der Waals surface area contributed by atoms with Gasteiger partial charge in [-0.25, -0.2) is 8.42 Å². The van der Waals surface area contributed by atoms with E-state index in [4.69, 9.17) is 5.73 Å². The molecular formula is C15H25ClN2O3S. The van der Waals surface area contributed by atoms with E-state index in [2.05, 4.69) is 5.32 Å². The van der Waals surface area contributed by atoms with Gasteiger partial charge in [0.25, 0.3) is 0 Å². The number of hydrogen-bond acceptors (Lipinski definition) is 4. The zero-order chi connectivity index (χ0) is 16.3. The number of carbonyl (C=O) groups is 1. The number of anilines is 1. The Morgan fingerprint density at radius 1 is 1.32 bits per heavy atom. The summed E-state index contributed by atoms with van der Waals surface area (Å²) in [5.74, 6) is -0.507. The second-order valence-electron chi connectivity index (χ2n) is 6.20. The van der Waals surface area contributed by atoms with Crippen LogP contribution in [0.1, 0.15) is 33.3 Å². The van der Waals surface area contributed by atoms with Gasteiger partial charge in [0.05, 0.1) is 10.5 Å². The molecule has 22 heavy (non-hydrogen) atoms. The van der Waals surface area contributed by atoms with Gasteiger partial charge in [-0.05, 0) is 38.5 Å². The average molecular weight is 349 g/mol. The van der Waals surface area contributed by atoms with E-state index in [0.717, 1.165) is 0 Å². The van der Waals surface area contributed by atoms with Crippen molar-refractivity contribution in [1.82, 2.24) is 0 Å². The number of hydrogen-bond donors (Lipinski definition) is 2. The Balaban J connectivity index is 0.00000441. The Labute approximate surface area is 139 Å². The maximum Gasteiger partial charge on any atom is 0.228 e. The van der Waals surface area contributed by atoms with Crippen LogP contribution in [-0.4, -0.2) is 25.6 Å². The monoisotopic (exact) mass is 348 g/mol. The summed E-state index contributed by atoms with van der Waals surface area (Å²) in [6.45, 7) is 7.04. The summed E-state index contributed by atoms with van der Waals surface area (Å²) < 4.78 is 23.6. The van der Waals surface area contributed by atoms with Crippen LogP contribution in [0.15, 0.2) is 24.3 Å². The number of sulfone groups is 1. The Morgan fingerprint density at radius 2 is 1.91 bits per heavy atom. The molecule has 1 rings (SSSR count). The van der Waals surface area contributed by atoms with Crippen LogP contribution in [0.25, 0.3) is 0 Å². The third-order valence-corrected chi connectivity index (χ3v) is 5.86. The Morgan fingerprint density at radius 3 is 2.41 bits per heavy atom. The maximum atomic E-state index is 12.2. The van der Waals surface area contributed by atoms with Crippen molar-refractivity contribution in [2.75, 3.05) is 11.9 Å². The third kappa shape index (κ3) is 5.59. The van der Waals surface area contributed by atoms with Gasteiger partial charge in [0.15, 0.2) is 9.84 Å². The minimum Gasteiger partial charge on any atom is -0.330 e. The maximum absolute atomic E-state index is 12.2. The van der Waals surface area contributed by atoms with Crippen molar-refractivity contribution >= 4 is 33.8 Å². The summed E-state index contributed by atoms with van der Waals surface area (Å²) in [5.41, 5.74) is 6.69. The van der Waals surface area contributed by atoms with Gasteiger partial charge in [-0.3, -0.25) is 4.79 Å². The van der Waals surface area contributed by atoms with Gasteiger partial charge < -0.3 is 11.1 Å². The highest BCUT2D eigenvalue weighted by atomic mass is 35.5. The molecule has 0 bridgehead atoms. The number of rotatable bonds is 5. The van der Waals surface area contributed by atoms with Crippen molar-refractivity contribution in [2.24, 2.45) is 11.7 Å². The number of amides is 1. The highest BCUT2D eigenvalue weighted by Crippen LogP contribution is 2.22. The van der Waals surface area contributed by atoms with Crippen LogP contribution in [-0.2, 0) is 20.4 Å². The molecule has 0 aliphatic heterocycles. The summed E-state index contributed by atoms with van der Waals surface area (Å²) >= 11 is 0. The van der Waals surface area contributed by atoms with Gasteiger partial charge in [-0.1, -0.05) is 19.1 Å². The molecule has 0 saturated carbocycles. The van der Waals surface area contributed by atoms with Crippen LogP contribution in [0, 0.1) is 5.92 Å². The largest absolute Gasteiger partial charge is 0.330 e. The fourth-order valence-corrected chi connectivity index (χ4v) is 2.60. The van der Waals surface area contributed by atoms with Crippen LogP contribution < -0.4 is 11.1 Å².